The molecule has 0 amide bonds. The third-order valence-electron chi connectivity index (χ3n) is 2.94. The quantitative estimate of drug-likeness (QED) is 0.812. The molecule has 2 heterocycles. The van der Waals surface area contributed by atoms with Gasteiger partial charge < -0.3 is 10.2 Å². The lowest BCUT2D eigenvalue weighted by Gasteiger charge is -2.22. The van der Waals surface area contributed by atoms with E-state index in [9.17, 15) is 0 Å². The second-order valence-corrected chi connectivity index (χ2v) is 4.37. The van der Waals surface area contributed by atoms with Gasteiger partial charge in [-0.1, -0.05) is 6.07 Å². The summed E-state index contributed by atoms with van der Waals surface area (Å²) in [5.41, 5.74) is 1.21. The minimum atomic E-state index is 0.637. The molecule has 1 aliphatic rings. The fraction of sp³-hybridized carbons (Fsp3) is 0.583. The van der Waals surface area contributed by atoms with Crippen molar-refractivity contribution in [3.05, 3.63) is 23.9 Å². The number of rotatable bonds is 3. The van der Waals surface area contributed by atoms with Crippen molar-refractivity contribution in [1.29, 1.82) is 0 Å². The summed E-state index contributed by atoms with van der Waals surface area (Å²) in [6.07, 6.45) is 4.52. The second-order valence-electron chi connectivity index (χ2n) is 4.37. The molecule has 0 saturated carbocycles. The van der Waals surface area contributed by atoms with E-state index in [2.05, 4.69) is 41.3 Å². The van der Waals surface area contributed by atoms with Gasteiger partial charge in [0.15, 0.2) is 0 Å². The SMILES string of the molecule is Cc1ccc(N(C)C[C@H]2CCCN2)nc1. The van der Waals surface area contributed by atoms with E-state index in [1.54, 1.807) is 0 Å². The van der Waals surface area contributed by atoms with E-state index in [1.807, 2.05) is 6.20 Å². The number of hydrogen-bond donors (Lipinski definition) is 1. The van der Waals surface area contributed by atoms with Crippen molar-refractivity contribution in [2.24, 2.45) is 0 Å². The van der Waals surface area contributed by atoms with Crippen LogP contribution in [0.1, 0.15) is 18.4 Å². The van der Waals surface area contributed by atoms with E-state index < -0.39 is 0 Å². The van der Waals surface area contributed by atoms with Gasteiger partial charge in [0.1, 0.15) is 5.82 Å². The largest absolute Gasteiger partial charge is 0.358 e. The van der Waals surface area contributed by atoms with Crippen LogP contribution in [0.3, 0.4) is 0 Å². The zero-order chi connectivity index (χ0) is 10.7. The van der Waals surface area contributed by atoms with Crippen LogP contribution in [0.2, 0.25) is 0 Å². The Kier molecular flexibility index (Phi) is 3.21. The molecule has 0 unspecified atom stereocenters. The minimum Gasteiger partial charge on any atom is -0.358 e. The first-order valence-corrected chi connectivity index (χ1v) is 5.63. The summed E-state index contributed by atoms with van der Waals surface area (Å²) >= 11 is 0. The number of pyridine rings is 1. The van der Waals surface area contributed by atoms with E-state index in [0.717, 1.165) is 12.4 Å². The number of likely N-dealkylation sites (N-methyl/N-ethyl adjacent to an activating group) is 1. The van der Waals surface area contributed by atoms with Gasteiger partial charge in [-0.25, -0.2) is 4.98 Å². The molecule has 1 atom stereocenters. The molecule has 1 aromatic heterocycles. The lowest BCUT2D eigenvalue weighted by atomic mass is 10.2. The molecule has 3 nitrogen and oxygen atoms in total. The highest BCUT2D eigenvalue weighted by Gasteiger charge is 2.16. The van der Waals surface area contributed by atoms with Crippen LogP contribution < -0.4 is 10.2 Å². The van der Waals surface area contributed by atoms with Gasteiger partial charge in [0.2, 0.25) is 0 Å². The first-order chi connectivity index (χ1) is 7.25. The Morgan fingerprint density at radius 1 is 1.53 bits per heavy atom. The summed E-state index contributed by atoms with van der Waals surface area (Å²) in [6.45, 7) is 4.28. The topological polar surface area (TPSA) is 28.2 Å². The lowest BCUT2D eigenvalue weighted by Crippen LogP contribution is -2.35. The molecule has 1 N–H and O–H groups in total. The molecule has 0 spiro atoms. The maximum Gasteiger partial charge on any atom is 0.128 e. The molecule has 1 aromatic rings. The predicted molar refractivity (Wildman–Crippen MR) is 63.3 cm³/mol. The maximum atomic E-state index is 4.42. The highest BCUT2D eigenvalue weighted by Crippen LogP contribution is 2.12. The van der Waals surface area contributed by atoms with Crippen LogP contribution in [0.4, 0.5) is 5.82 Å². The van der Waals surface area contributed by atoms with Gasteiger partial charge >= 0.3 is 0 Å². The van der Waals surface area contributed by atoms with Crippen molar-refractivity contribution in [1.82, 2.24) is 10.3 Å². The lowest BCUT2D eigenvalue weighted by molar-refractivity contribution is 0.597. The van der Waals surface area contributed by atoms with Crippen molar-refractivity contribution < 1.29 is 0 Å². The van der Waals surface area contributed by atoms with E-state index in [1.165, 1.54) is 24.9 Å². The molecule has 15 heavy (non-hydrogen) atoms. The molecule has 0 aromatic carbocycles. The van der Waals surface area contributed by atoms with E-state index >= 15 is 0 Å². The minimum absolute atomic E-state index is 0.637. The molecular weight excluding hydrogens is 186 g/mol. The Morgan fingerprint density at radius 2 is 2.40 bits per heavy atom. The van der Waals surface area contributed by atoms with Crippen molar-refractivity contribution in [2.45, 2.75) is 25.8 Å². The van der Waals surface area contributed by atoms with Gasteiger partial charge in [0.25, 0.3) is 0 Å². The summed E-state index contributed by atoms with van der Waals surface area (Å²) in [5.74, 6) is 1.06. The maximum absolute atomic E-state index is 4.42. The summed E-state index contributed by atoms with van der Waals surface area (Å²) < 4.78 is 0. The molecule has 3 heteroatoms. The van der Waals surface area contributed by atoms with E-state index in [4.69, 9.17) is 0 Å². The van der Waals surface area contributed by atoms with Gasteiger partial charge in [0, 0.05) is 25.8 Å². The third kappa shape index (κ3) is 2.69. The number of hydrogen-bond acceptors (Lipinski definition) is 3. The van der Waals surface area contributed by atoms with Crippen molar-refractivity contribution in [3.63, 3.8) is 0 Å². The molecule has 1 saturated heterocycles. The van der Waals surface area contributed by atoms with Gasteiger partial charge in [-0.05, 0) is 37.9 Å². The van der Waals surface area contributed by atoms with Gasteiger partial charge in [-0.2, -0.15) is 0 Å². The average molecular weight is 205 g/mol. The Labute approximate surface area is 91.5 Å². The molecule has 0 bridgehead atoms. The van der Waals surface area contributed by atoms with Crippen LogP contribution in [-0.2, 0) is 0 Å². The number of anilines is 1. The Balaban J connectivity index is 1.94. The van der Waals surface area contributed by atoms with Crippen molar-refractivity contribution in [3.8, 4) is 0 Å². The Bertz CT molecular complexity index is 301. The number of aryl methyl sites for hydroxylation is 1. The Morgan fingerprint density at radius 3 is 3.00 bits per heavy atom. The molecule has 0 aliphatic carbocycles. The summed E-state index contributed by atoms with van der Waals surface area (Å²) in [6, 6.07) is 4.84. The molecule has 1 aliphatic heterocycles. The normalized spacial score (nSPS) is 20.5. The van der Waals surface area contributed by atoms with Crippen molar-refractivity contribution >= 4 is 5.82 Å². The van der Waals surface area contributed by atoms with Gasteiger partial charge in [-0.3, -0.25) is 0 Å². The number of nitrogens with one attached hydrogen (secondary N) is 1. The second kappa shape index (κ2) is 4.62. The molecule has 0 radical (unpaired) electrons. The smallest absolute Gasteiger partial charge is 0.128 e. The van der Waals surface area contributed by atoms with E-state index in [0.29, 0.717) is 6.04 Å². The summed E-state index contributed by atoms with van der Waals surface area (Å²) in [7, 11) is 2.11. The fourth-order valence-corrected chi connectivity index (χ4v) is 2.02. The van der Waals surface area contributed by atoms with Crippen LogP contribution in [0.15, 0.2) is 18.3 Å². The van der Waals surface area contributed by atoms with Crippen LogP contribution in [0.25, 0.3) is 0 Å². The first-order valence-electron chi connectivity index (χ1n) is 5.63. The molecule has 2 rings (SSSR count). The highest BCUT2D eigenvalue weighted by molar-refractivity contribution is 5.38. The van der Waals surface area contributed by atoms with Crippen LogP contribution in [0, 0.1) is 6.92 Å². The van der Waals surface area contributed by atoms with Crippen LogP contribution >= 0.6 is 0 Å². The third-order valence-corrected chi connectivity index (χ3v) is 2.94. The highest BCUT2D eigenvalue weighted by atomic mass is 15.2. The number of aromatic nitrogens is 1. The zero-order valence-corrected chi connectivity index (χ0v) is 9.53. The summed E-state index contributed by atoms with van der Waals surface area (Å²) in [5, 5.41) is 3.50. The molecule has 1 fully saturated rings. The first kappa shape index (κ1) is 10.4. The standard InChI is InChI=1S/C12H19N3/c1-10-5-6-12(14-8-10)15(2)9-11-4-3-7-13-11/h5-6,8,11,13H,3-4,7,9H2,1-2H3/t11-/m1/s1. The number of nitrogens with zero attached hydrogens (tertiary/aromatic N) is 2. The molecule has 82 valence electrons. The monoisotopic (exact) mass is 205 g/mol. The van der Waals surface area contributed by atoms with Crippen LogP contribution in [-0.4, -0.2) is 31.2 Å². The summed E-state index contributed by atoms with van der Waals surface area (Å²) in [4.78, 5) is 6.64. The zero-order valence-electron chi connectivity index (χ0n) is 9.53. The predicted octanol–water partition coefficient (Wildman–Crippen LogP) is 1.58. The van der Waals surface area contributed by atoms with Crippen molar-refractivity contribution in [2.75, 3.05) is 25.0 Å². The van der Waals surface area contributed by atoms with E-state index in [-0.39, 0.29) is 0 Å². The fourth-order valence-electron chi connectivity index (χ4n) is 2.02. The average Bonchev–Trinajstić information content (AvgIpc) is 2.71. The molecular formula is C12H19N3. The van der Waals surface area contributed by atoms with Gasteiger partial charge in [0.05, 0.1) is 0 Å². The van der Waals surface area contributed by atoms with Crippen LogP contribution in [0.5, 0.6) is 0 Å². The van der Waals surface area contributed by atoms with Gasteiger partial charge in [-0.15, -0.1) is 0 Å². The Hall–Kier alpha value is -1.09.